The summed E-state index contributed by atoms with van der Waals surface area (Å²) in [6.45, 7) is 6.23. The molecule has 0 aromatic carbocycles. The Labute approximate surface area is 182 Å². The number of hydrogen-bond acceptors (Lipinski definition) is 8. The third kappa shape index (κ3) is 11.7. The van der Waals surface area contributed by atoms with Gasteiger partial charge < -0.3 is 20.7 Å². The molecule has 5 N–H and O–H groups in total. The minimum atomic E-state index is -0.815. The Kier molecular flexibility index (Phi) is 14.5. The molecule has 1 amide bonds. The standard InChI is InChI=1S/C17H33N7O5.ClH/c1-2-29-15(25)7-3-4-9-22-10-12-23(13-11-22)16(26)14(18)6-5-8-20-17(19)21-24(27)28;/h14H,2-13,18H2,1H3,(H3,19,20,21);1H/t14-;/m0./s1. The van der Waals surface area contributed by atoms with Crippen LogP contribution in [-0.4, -0.2) is 84.6 Å². The number of halogens is 1. The molecule has 12 nitrogen and oxygen atoms in total. The molecule has 1 saturated heterocycles. The van der Waals surface area contributed by atoms with E-state index in [1.165, 1.54) is 0 Å². The van der Waals surface area contributed by atoms with E-state index in [0.717, 1.165) is 32.5 Å². The topological polar surface area (TPSA) is 167 Å². The molecule has 0 spiro atoms. The lowest BCUT2D eigenvalue weighted by Crippen LogP contribution is -2.53. The van der Waals surface area contributed by atoms with Crippen LogP contribution < -0.4 is 16.5 Å². The van der Waals surface area contributed by atoms with Crippen molar-refractivity contribution in [1.82, 2.24) is 20.5 Å². The number of ether oxygens (including phenoxy) is 1. The lowest BCUT2D eigenvalue weighted by atomic mass is 10.1. The fraction of sp³-hybridized carbons (Fsp3) is 0.824. The minimum absolute atomic E-state index is 0. The molecule has 0 saturated carbocycles. The van der Waals surface area contributed by atoms with Gasteiger partial charge in [-0.25, -0.2) is 10.1 Å². The molecule has 0 aromatic heterocycles. The van der Waals surface area contributed by atoms with E-state index in [4.69, 9.17) is 15.9 Å². The van der Waals surface area contributed by atoms with Gasteiger partial charge in [0, 0.05) is 39.1 Å². The Morgan fingerprint density at radius 1 is 1.23 bits per heavy atom. The Balaban J connectivity index is 0.00000841. The highest BCUT2D eigenvalue weighted by atomic mass is 35.5. The molecule has 1 rings (SSSR count). The number of unbranched alkanes of at least 4 members (excludes halogenated alkanes) is 1. The highest BCUT2D eigenvalue weighted by Gasteiger charge is 2.24. The van der Waals surface area contributed by atoms with Crippen LogP contribution in [0.15, 0.2) is 0 Å². The Morgan fingerprint density at radius 3 is 2.50 bits per heavy atom. The maximum atomic E-state index is 12.4. The van der Waals surface area contributed by atoms with Gasteiger partial charge in [0.15, 0.2) is 5.03 Å². The van der Waals surface area contributed by atoms with Crippen LogP contribution in [0.25, 0.3) is 0 Å². The molecule has 1 fully saturated rings. The van der Waals surface area contributed by atoms with Crippen LogP contribution in [0.5, 0.6) is 0 Å². The SMILES string of the molecule is CCOC(=O)CCCCN1CCN(C(=O)[C@@H](N)CCCNC(=N)N[N+](=O)[O-])CC1.Cl. The second-order valence-electron chi connectivity index (χ2n) is 6.85. The molecule has 1 aliphatic heterocycles. The second-order valence-corrected chi connectivity index (χ2v) is 6.85. The molecule has 174 valence electrons. The van der Waals surface area contributed by atoms with Gasteiger partial charge in [0.2, 0.25) is 5.91 Å². The summed E-state index contributed by atoms with van der Waals surface area (Å²) >= 11 is 0. The Bertz CT molecular complexity index is 559. The molecule has 1 aliphatic rings. The van der Waals surface area contributed by atoms with Crippen molar-refractivity contribution in [2.24, 2.45) is 5.73 Å². The van der Waals surface area contributed by atoms with Crippen molar-refractivity contribution in [3.8, 4) is 0 Å². The molecule has 13 heteroatoms. The molecule has 30 heavy (non-hydrogen) atoms. The fourth-order valence-corrected chi connectivity index (χ4v) is 3.05. The molecular formula is C17H34ClN7O5. The van der Waals surface area contributed by atoms with Crippen LogP contribution in [-0.2, 0) is 14.3 Å². The van der Waals surface area contributed by atoms with E-state index in [9.17, 15) is 19.7 Å². The lowest BCUT2D eigenvalue weighted by Gasteiger charge is -2.36. The van der Waals surface area contributed by atoms with Crippen molar-refractivity contribution in [1.29, 1.82) is 5.41 Å². The third-order valence-corrected chi connectivity index (χ3v) is 4.61. The first kappa shape index (κ1) is 27.8. The van der Waals surface area contributed by atoms with Crippen LogP contribution in [0.4, 0.5) is 0 Å². The average Bonchev–Trinajstić information content (AvgIpc) is 2.68. The highest BCUT2D eigenvalue weighted by Crippen LogP contribution is 2.08. The summed E-state index contributed by atoms with van der Waals surface area (Å²) in [5, 5.41) is 19.2. The largest absolute Gasteiger partial charge is 0.466 e. The highest BCUT2D eigenvalue weighted by molar-refractivity contribution is 5.85. The van der Waals surface area contributed by atoms with E-state index in [-0.39, 0.29) is 24.3 Å². The predicted molar refractivity (Wildman–Crippen MR) is 114 cm³/mol. The number of piperazine rings is 1. The van der Waals surface area contributed by atoms with Crippen molar-refractivity contribution in [2.45, 2.75) is 45.1 Å². The summed E-state index contributed by atoms with van der Waals surface area (Å²) in [6.07, 6.45) is 3.11. The Hall–Kier alpha value is -2.18. The minimum Gasteiger partial charge on any atom is -0.466 e. The van der Waals surface area contributed by atoms with Gasteiger partial charge in [0.25, 0.3) is 5.96 Å². The van der Waals surface area contributed by atoms with Gasteiger partial charge in [-0.2, -0.15) is 0 Å². The Morgan fingerprint density at radius 2 is 1.90 bits per heavy atom. The first-order chi connectivity index (χ1) is 13.8. The molecule has 1 heterocycles. The maximum absolute atomic E-state index is 12.4. The zero-order valence-electron chi connectivity index (χ0n) is 17.4. The first-order valence-corrected chi connectivity index (χ1v) is 9.99. The normalized spacial score (nSPS) is 14.9. The quantitative estimate of drug-likeness (QED) is 0.0777. The molecule has 0 aliphatic carbocycles. The summed E-state index contributed by atoms with van der Waals surface area (Å²) in [4.78, 5) is 38.0. The van der Waals surface area contributed by atoms with Crippen LogP contribution in [0.1, 0.15) is 39.0 Å². The van der Waals surface area contributed by atoms with Crippen molar-refractivity contribution < 1.29 is 19.4 Å². The number of rotatable bonds is 12. The summed E-state index contributed by atoms with van der Waals surface area (Å²) in [6, 6.07) is -0.620. The van der Waals surface area contributed by atoms with E-state index in [1.807, 2.05) is 0 Å². The molecule has 0 aromatic rings. The number of guanidine groups is 1. The van der Waals surface area contributed by atoms with Crippen LogP contribution >= 0.6 is 12.4 Å². The van der Waals surface area contributed by atoms with Gasteiger partial charge in [-0.1, -0.05) is 5.43 Å². The van der Waals surface area contributed by atoms with Gasteiger partial charge in [0.1, 0.15) is 0 Å². The van der Waals surface area contributed by atoms with Gasteiger partial charge in [-0.05, 0) is 39.2 Å². The summed E-state index contributed by atoms with van der Waals surface area (Å²) in [5.41, 5.74) is 7.68. The van der Waals surface area contributed by atoms with E-state index in [2.05, 4.69) is 10.2 Å². The van der Waals surface area contributed by atoms with Gasteiger partial charge in [-0.3, -0.25) is 19.9 Å². The maximum Gasteiger partial charge on any atom is 0.305 e. The molecule has 0 radical (unpaired) electrons. The smallest absolute Gasteiger partial charge is 0.305 e. The van der Waals surface area contributed by atoms with Crippen molar-refractivity contribution >= 4 is 30.2 Å². The van der Waals surface area contributed by atoms with Crippen LogP contribution in [0.2, 0.25) is 0 Å². The van der Waals surface area contributed by atoms with Crippen LogP contribution in [0, 0.1) is 15.5 Å². The van der Waals surface area contributed by atoms with Crippen molar-refractivity contribution in [3.63, 3.8) is 0 Å². The number of carbonyl (C=O) groups excluding carboxylic acids is 2. The van der Waals surface area contributed by atoms with E-state index in [1.54, 1.807) is 17.2 Å². The molecule has 0 bridgehead atoms. The van der Waals surface area contributed by atoms with E-state index < -0.39 is 17.0 Å². The molecule has 0 unspecified atom stereocenters. The van der Waals surface area contributed by atoms with E-state index in [0.29, 0.717) is 45.5 Å². The van der Waals surface area contributed by atoms with Gasteiger partial charge in [-0.15, -0.1) is 12.4 Å². The summed E-state index contributed by atoms with van der Waals surface area (Å²) in [5.74, 6) is -0.642. The number of nitrogens with zero attached hydrogens (tertiary/aromatic N) is 3. The number of carbonyl (C=O) groups is 2. The number of nitro groups is 1. The number of nitrogens with one attached hydrogen (secondary N) is 3. The number of hydrogen-bond donors (Lipinski definition) is 4. The van der Waals surface area contributed by atoms with Crippen molar-refractivity contribution in [2.75, 3.05) is 45.9 Å². The number of hydrazine groups is 1. The zero-order chi connectivity index (χ0) is 21.6. The first-order valence-electron chi connectivity index (χ1n) is 9.99. The number of esters is 1. The van der Waals surface area contributed by atoms with E-state index >= 15 is 0 Å². The zero-order valence-corrected chi connectivity index (χ0v) is 18.2. The monoisotopic (exact) mass is 451 g/mol. The summed E-state index contributed by atoms with van der Waals surface area (Å²) < 4.78 is 4.91. The summed E-state index contributed by atoms with van der Waals surface area (Å²) in [7, 11) is 0. The molecule has 1 atom stereocenters. The third-order valence-electron chi connectivity index (χ3n) is 4.61. The molecular weight excluding hydrogens is 418 g/mol. The second kappa shape index (κ2) is 15.6. The van der Waals surface area contributed by atoms with Crippen LogP contribution in [0.3, 0.4) is 0 Å². The fourth-order valence-electron chi connectivity index (χ4n) is 3.05. The average molecular weight is 452 g/mol. The number of amides is 1. The lowest BCUT2D eigenvalue weighted by molar-refractivity contribution is -0.525. The van der Waals surface area contributed by atoms with Crippen molar-refractivity contribution in [3.05, 3.63) is 10.1 Å². The predicted octanol–water partition coefficient (Wildman–Crippen LogP) is -0.301. The van der Waals surface area contributed by atoms with Gasteiger partial charge in [0.05, 0.1) is 12.6 Å². The van der Waals surface area contributed by atoms with Gasteiger partial charge >= 0.3 is 5.97 Å². The number of nitrogens with two attached hydrogens (primary N) is 1.